The van der Waals surface area contributed by atoms with Crippen LogP contribution in [0, 0.1) is 6.92 Å². The molecule has 0 aliphatic carbocycles. The topological polar surface area (TPSA) is 75.0 Å². The van der Waals surface area contributed by atoms with Gasteiger partial charge in [0.15, 0.2) is 5.82 Å². The molecular formula is C19H19ClN4O2. The number of benzene rings is 1. The second kappa shape index (κ2) is 6.96. The standard InChI is InChI=1S/C19H19ClN4O2/c1-12-9-16(21-11-12)19-22-18(23-26-19)13-3-2-8-24(17(25)10-13)15-6-4-14(20)5-7-15/h4-7,9,11,13,21H,2-3,8,10H2,1H3. The number of rotatable bonds is 3. The molecule has 0 bridgehead atoms. The normalized spacial score (nSPS) is 18.2. The van der Waals surface area contributed by atoms with Crippen LogP contribution in [0.2, 0.25) is 5.02 Å². The summed E-state index contributed by atoms with van der Waals surface area (Å²) in [6.07, 6.45) is 3.98. The molecule has 7 heteroatoms. The Kier molecular flexibility index (Phi) is 4.51. The maximum Gasteiger partial charge on any atom is 0.274 e. The summed E-state index contributed by atoms with van der Waals surface area (Å²) in [5.74, 6) is 1.09. The lowest BCUT2D eigenvalue weighted by Crippen LogP contribution is -2.30. The highest BCUT2D eigenvalue weighted by molar-refractivity contribution is 6.30. The number of hydrogen-bond donors (Lipinski definition) is 1. The summed E-state index contributed by atoms with van der Waals surface area (Å²) >= 11 is 5.94. The molecule has 3 heterocycles. The summed E-state index contributed by atoms with van der Waals surface area (Å²) in [6, 6.07) is 9.31. The van der Waals surface area contributed by atoms with Gasteiger partial charge in [-0.2, -0.15) is 4.98 Å². The van der Waals surface area contributed by atoms with E-state index >= 15 is 0 Å². The molecule has 1 N–H and O–H groups in total. The van der Waals surface area contributed by atoms with Crippen molar-refractivity contribution < 1.29 is 9.32 Å². The number of aromatic amines is 1. The molecule has 134 valence electrons. The molecule has 2 aromatic heterocycles. The number of amides is 1. The van der Waals surface area contributed by atoms with Gasteiger partial charge in [-0.3, -0.25) is 4.79 Å². The second-order valence-electron chi connectivity index (χ2n) is 6.61. The van der Waals surface area contributed by atoms with Crippen molar-refractivity contribution in [1.82, 2.24) is 15.1 Å². The molecule has 4 rings (SSSR count). The minimum Gasteiger partial charge on any atom is -0.357 e. The average molecular weight is 371 g/mol. The van der Waals surface area contributed by atoms with Gasteiger partial charge >= 0.3 is 0 Å². The first-order chi connectivity index (χ1) is 12.6. The molecule has 1 fully saturated rings. The van der Waals surface area contributed by atoms with Crippen LogP contribution in [-0.4, -0.2) is 27.6 Å². The molecule has 1 aliphatic heterocycles. The van der Waals surface area contributed by atoms with Gasteiger partial charge < -0.3 is 14.4 Å². The van der Waals surface area contributed by atoms with Crippen LogP contribution in [0.15, 0.2) is 41.1 Å². The molecule has 1 amide bonds. The van der Waals surface area contributed by atoms with E-state index in [4.69, 9.17) is 16.1 Å². The number of aromatic nitrogens is 3. The molecule has 1 saturated heterocycles. The van der Waals surface area contributed by atoms with Crippen LogP contribution in [0.1, 0.15) is 36.6 Å². The molecule has 0 spiro atoms. The van der Waals surface area contributed by atoms with Crippen molar-refractivity contribution in [3.8, 4) is 11.6 Å². The number of carbonyl (C=O) groups is 1. The maximum atomic E-state index is 12.8. The first-order valence-corrected chi connectivity index (χ1v) is 9.03. The van der Waals surface area contributed by atoms with Crippen molar-refractivity contribution in [3.63, 3.8) is 0 Å². The lowest BCUT2D eigenvalue weighted by Gasteiger charge is -2.20. The van der Waals surface area contributed by atoms with Crippen LogP contribution in [0.25, 0.3) is 11.6 Å². The van der Waals surface area contributed by atoms with Crippen molar-refractivity contribution in [1.29, 1.82) is 0 Å². The van der Waals surface area contributed by atoms with E-state index < -0.39 is 0 Å². The van der Waals surface area contributed by atoms with E-state index in [2.05, 4.69) is 15.1 Å². The third-order valence-electron chi connectivity index (χ3n) is 4.66. The zero-order valence-electron chi connectivity index (χ0n) is 14.4. The summed E-state index contributed by atoms with van der Waals surface area (Å²) in [5, 5.41) is 4.78. The first kappa shape index (κ1) is 16.8. The van der Waals surface area contributed by atoms with Crippen LogP contribution in [-0.2, 0) is 4.79 Å². The van der Waals surface area contributed by atoms with Gasteiger partial charge in [0.05, 0.1) is 0 Å². The van der Waals surface area contributed by atoms with Crippen molar-refractivity contribution in [2.75, 3.05) is 11.4 Å². The lowest BCUT2D eigenvalue weighted by molar-refractivity contribution is -0.118. The van der Waals surface area contributed by atoms with Gasteiger partial charge in [-0.05, 0) is 55.7 Å². The fourth-order valence-corrected chi connectivity index (χ4v) is 3.42. The third-order valence-corrected chi connectivity index (χ3v) is 4.91. The van der Waals surface area contributed by atoms with Crippen LogP contribution < -0.4 is 4.90 Å². The molecular weight excluding hydrogens is 352 g/mol. The van der Waals surface area contributed by atoms with Crippen LogP contribution >= 0.6 is 11.6 Å². The molecule has 3 aromatic rings. The Hall–Kier alpha value is -2.60. The monoisotopic (exact) mass is 370 g/mol. The quantitative estimate of drug-likeness (QED) is 0.744. The SMILES string of the molecule is Cc1c[nH]c(-c2nc(C3CCCN(c4ccc(Cl)cc4)C(=O)C3)no2)c1. The Morgan fingerprint density at radius 3 is 2.85 bits per heavy atom. The number of hydrogen-bond acceptors (Lipinski definition) is 4. The number of halogens is 1. The number of carbonyl (C=O) groups excluding carboxylic acids is 1. The summed E-state index contributed by atoms with van der Waals surface area (Å²) in [4.78, 5) is 22.2. The molecule has 26 heavy (non-hydrogen) atoms. The van der Waals surface area contributed by atoms with Crippen molar-refractivity contribution in [2.24, 2.45) is 0 Å². The van der Waals surface area contributed by atoms with Gasteiger partial charge in [-0.1, -0.05) is 16.8 Å². The Labute approximate surface area is 156 Å². The third kappa shape index (κ3) is 3.37. The molecule has 6 nitrogen and oxygen atoms in total. The van der Waals surface area contributed by atoms with E-state index in [-0.39, 0.29) is 11.8 Å². The molecule has 1 atom stereocenters. The number of nitrogens with one attached hydrogen (secondary N) is 1. The molecule has 1 aromatic carbocycles. The van der Waals surface area contributed by atoms with E-state index in [0.29, 0.717) is 29.7 Å². The predicted octanol–water partition coefficient (Wildman–Crippen LogP) is 4.33. The zero-order chi connectivity index (χ0) is 18.1. The maximum absolute atomic E-state index is 12.8. The van der Waals surface area contributed by atoms with Crippen LogP contribution in [0.4, 0.5) is 5.69 Å². The van der Waals surface area contributed by atoms with E-state index in [1.54, 1.807) is 12.1 Å². The highest BCUT2D eigenvalue weighted by Gasteiger charge is 2.28. The second-order valence-corrected chi connectivity index (χ2v) is 7.05. The first-order valence-electron chi connectivity index (χ1n) is 8.65. The van der Waals surface area contributed by atoms with Crippen molar-refractivity contribution in [3.05, 3.63) is 52.9 Å². The highest BCUT2D eigenvalue weighted by atomic mass is 35.5. The Bertz CT molecular complexity index is 916. The van der Waals surface area contributed by atoms with Crippen molar-refractivity contribution >= 4 is 23.2 Å². The summed E-state index contributed by atoms with van der Waals surface area (Å²) in [5.41, 5.74) is 2.77. The summed E-state index contributed by atoms with van der Waals surface area (Å²) in [7, 11) is 0. The van der Waals surface area contributed by atoms with Gasteiger partial charge in [-0.25, -0.2) is 0 Å². The highest BCUT2D eigenvalue weighted by Crippen LogP contribution is 2.31. The number of nitrogens with zero attached hydrogens (tertiary/aromatic N) is 3. The fourth-order valence-electron chi connectivity index (χ4n) is 3.29. The Balaban J connectivity index is 1.52. The summed E-state index contributed by atoms with van der Waals surface area (Å²) < 4.78 is 5.39. The van der Waals surface area contributed by atoms with Crippen LogP contribution in [0.3, 0.4) is 0 Å². The van der Waals surface area contributed by atoms with Crippen LogP contribution in [0.5, 0.6) is 0 Å². The van der Waals surface area contributed by atoms with Gasteiger partial charge in [-0.15, -0.1) is 0 Å². The molecule has 1 aliphatic rings. The van der Waals surface area contributed by atoms with E-state index in [1.165, 1.54) is 0 Å². The minimum atomic E-state index is -0.0339. The smallest absolute Gasteiger partial charge is 0.274 e. The Morgan fingerprint density at radius 1 is 1.31 bits per heavy atom. The van der Waals surface area contributed by atoms with Gasteiger partial charge in [0.2, 0.25) is 5.91 Å². The van der Waals surface area contributed by atoms with Crippen molar-refractivity contribution in [2.45, 2.75) is 32.1 Å². The average Bonchev–Trinajstić information content (AvgIpc) is 3.23. The van der Waals surface area contributed by atoms with Gasteiger partial charge in [0.1, 0.15) is 5.69 Å². The fraction of sp³-hybridized carbons (Fsp3) is 0.316. The molecule has 0 saturated carbocycles. The predicted molar refractivity (Wildman–Crippen MR) is 99.2 cm³/mol. The molecule has 1 unspecified atom stereocenters. The lowest BCUT2D eigenvalue weighted by atomic mass is 10.00. The number of H-pyrrole nitrogens is 1. The number of anilines is 1. The van der Waals surface area contributed by atoms with E-state index in [1.807, 2.05) is 36.2 Å². The van der Waals surface area contributed by atoms with E-state index in [9.17, 15) is 4.79 Å². The van der Waals surface area contributed by atoms with E-state index in [0.717, 1.165) is 29.8 Å². The zero-order valence-corrected chi connectivity index (χ0v) is 15.2. The van der Waals surface area contributed by atoms with Gasteiger partial charge in [0, 0.05) is 35.8 Å². The number of aryl methyl sites for hydroxylation is 1. The largest absolute Gasteiger partial charge is 0.357 e. The minimum absolute atomic E-state index is 0.0339. The Morgan fingerprint density at radius 2 is 2.12 bits per heavy atom. The summed E-state index contributed by atoms with van der Waals surface area (Å²) in [6.45, 7) is 2.67. The van der Waals surface area contributed by atoms with Gasteiger partial charge in [0.25, 0.3) is 5.89 Å². The molecule has 0 radical (unpaired) electrons.